The molecule has 2 rings (SSSR count). The first kappa shape index (κ1) is 21.0. The van der Waals surface area contributed by atoms with E-state index in [0.717, 1.165) is 10.5 Å². The number of benzene rings is 2. The Balaban J connectivity index is 1.97. The van der Waals surface area contributed by atoms with Crippen molar-refractivity contribution in [2.45, 2.75) is 20.5 Å². The maximum absolute atomic E-state index is 12.4. The van der Waals surface area contributed by atoms with Gasteiger partial charge in [0.05, 0.1) is 12.5 Å². The third kappa shape index (κ3) is 5.84. The minimum absolute atomic E-state index is 0.0983. The monoisotopic (exact) mass is 385 g/mol. The van der Waals surface area contributed by atoms with E-state index in [2.05, 4.69) is 0 Å². The van der Waals surface area contributed by atoms with Gasteiger partial charge in [0.15, 0.2) is 17.3 Å². The fourth-order valence-corrected chi connectivity index (χ4v) is 2.20. The molecule has 0 radical (unpaired) electrons. The number of phenols is 1. The number of Topliss-reactive ketones (excluding diaryl/α,β-unsaturated/α-hetero) is 1. The lowest BCUT2D eigenvalue weighted by Gasteiger charge is -2.16. The van der Waals surface area contributed by atoms with Crippen LogP contribution < -0.4 is 4.74 Å². The van der Waals surface area contributed by atoms with Crippen molar-refractivity contribution in [3.63, 3.8) is 0 Å². The molecule has 0 heterocycles. The van der Waals surface area contributed by atoms with Crippen molar-refractivity contribution in [1.29, 1.82) is 0 Å². The number of aromatic hydroxyl groups is 1. The van der Waals surface area contributed by atoms with E-state index in [9.17, 15) is 19.5 Å². The number of phenolic OH excluding ortho intramolecular Hbond substituents is 1. The number of carbonyl (C=O) groups excluding carboxylic acids is 3. The van der Waals surface area contributed by atoms with Gasteiger partial charge in [0.2, 0.25) is 0 Å². The smallest absolute Gasteiger partial charge is 0.410 e. The molecule has 0 bridgehead atoms. The molecule has 0 aliphatic rings. The SMILES string of the molecule is CC(C)C(=O)Oc1cc(C(=O)CN(C)C(=O)OCc2ccccc2)ccc1O. The van der Waals surface area contributed by atoms with E-state index in [1.807, 2.05) is 30.3 Å². The molecular weight excluding hydrogens is 362 g/mol. The first-order valence-electron chi connectivity index (χ1n) is 8.77. The summed E-state index contributed by atoms with van der Waals surface area (Å²) in [6.07, 6.45) is -0.637. The molecule has 0 aliphatic carbocycles. The predicted octanol–water partition coefficient (Wildman–Crippen LogP) is 3.40. The molecule has 0 fully saturated rings. The van der Waals surface area contributed by atoms with Crippen molar-refractivity contribution in [1.82, 2.24) is 4.90 Å². The quantitative estimate of drug-likeness (QED) is 0.446. The largest absolute Gasteiger partial charge is 0.504 e. The Labute approximate surface area is 163 Å². The van der Waals surface area contributed by atoms with Gasteiger partial charge in [-0.25, -0.2) is 4.79 Å². The lowest BCUT2D eigenvalue weighted by Crippen LogP contribution is -2.32. The first-order valence-corrected chi connectivity index (χ1v) is 8.77. The van der Waals surface area contributed by atoms with Gasteiger partial charge in [-0.2, -0.15) is 0 Å². The molecule has 148 valence electrons. The molecule has 0 aliphatic heterocycles. The summed E-state index contributed by atoms with van der Waals surface area (Å²) in [7, 11) is 1.45. The van der Waals surface area contributed by atoms with Gasteiger partial charge in [0, 0.05) is 12.6 Å². The van der Waals surface area contributed by atoms with Gasteiger partial charge < -0.3 is 19.5 Å². The highest BCUT2D eigenvalue weighted by Crippen LogP contribution is 2.28. The number of likely N-dealkylation sites (N-methyl/N-ethyl adjacent to an activating group) is 1. The van der Waals surface area contributed by atoms with Crippen LogP contribution in [0, 0.1) is 5.92 Å². The first-order chi connectivity index (χ1) is 13.3. The Hall–Kier alpha value is -3.35. The zero-order valence-electron chi connectivity index (χ0n) is 16.0. The maximum Gasteiger partial charge on any atom is 0.410 e. The van der Waals surface area contributed by atoms with E-state index >= 15 is 0 Å². The number of ether oxygens (including phenoxy) is 2. The van der Waals surface area contributed by atoms with E-state index in [1.54, 1.807) is 13.8 Å². The van der Waals surface area contributed by atoms with Gasteiger partial charge in [0.25, 0.3) is 0 Å². The van der Waals surface area contributed by atoms with Crippen molar-refractivity contribution >= 4 is 17.8 Å². The highest BCUT2D eigenvalue weighted by Gasteiger charge is 2.19. The Morgan fingerprint density at radius 1 is 1.07 bits per heavy atom. The van der Waals surface area contributed by atoms with Crippen LogP contribution in [0.1, 0.15) is 29.8 Å². The molecule has 1 amide bonds. The number of esters is 1. The summed E-state index contributed by atoms with van der Waals surface area (Å²) in [6, 6.07) is 13.1. The van der Waals surface area contributed by atoms with E-state index in [1.165, 1.54) is 25.2 Å². The minimum atomic E-state index is -0.637. The van der Waals surface area contributed by atoms with Gasteiger partial charge in [-0.1, -0.05) is 44.2 Å². The summed E-state index contributed by atoms with van der Waals surface area (Å²) < 4.78 is 10.3. The van der Waals surface area contributed by atoms with Crippen molar-refractivity contribution in [3.8, 4) is 11.5 Å². The fraction of sp³-hybridized carbons (Fsp3) is 0.286. The summed E-state index contributed by atoms with van der Waals surface area (Å²) in [5.41, 5.74) is 1.04. The third-order valence-corrected chi connectivity index (χ3v) is 3.86. The lowest BCUT2D eigenvalue weighted by molar-refractivity contribution is -0.137. The number of carbonyl (C=O) groups is 3. The van der Waals surface area contributed by atoms with Crippen molar-refractivity contribution in [3.05, 3.63) is 59.7 Å². The van der Waals surface area contributed by atoms with Gasteiger partial charge in [-0.3, -0.25) is 9.59 Å². The van der Waals surface area contributed by atoms with Crippen LogP contribution in [0.2, 0.25) is 0 Å². The average molecular weight is 385 g/mol. The number of ketones is 1. The van der Waals surface area contributed by atoms with Crippen LogP contribution in [0.5, 0.6) is 11.5 Å². The van der Waals surface area contributed by atoms with E-state index in [-0.39, 0.29) is 41.9 Å². The zero-order chi connectivity index (χ0) is 20.7. The fourth-order valence-electron chi connectivity index (χ4n) is 2.20. The van der Waals surface area contributed by atoms with E-state index in [0.29, 0.717) is 0 Å². The van der Waals surface area contributed by atoms with Crippen LogP contribution in [0.15, 0.2) is 48.5 Å². The summed E-state index contributed by atoms with van der Waals surface area (Å²) in [6.45, 7) is 3.19. The highest BCUT2D eigenvalue weighted by atomic mass is 16.6. The molecule has 7 heteroatoms. The van der Waals surface area contributed by atoms with Crippen LogP contribution in [0.3, 0.4) is 0 Å². The van der Waals surface area contributed by atoms with Crippen LogP contribution in [-0.2, 0) is 16.1 Å². The second-order valence-electron chi connectivity index (χ2n) is 6.58. The molecule has 0 spiro atoms. The molecule has 0 saturated carbocycles. The lowest BCUT2D eigenvalue weighted by atomic mass is 10.1. The Bertz CT molecular complexity index is 847. The zero-order valence-corrected chi connectivity index (χ0v) is 16.0. The van der Waals surface area contributed by atoms with Crippen molar-refractivity contribution < 1.29 is 29.0 Å². The summed E-state index contributed by atoms with van der Waals surface area (Å²) in [5.74, 6) is -1.65. The maximum atomic E-state index is 12.4. The predicted molar refractivity (Wildman–Crippen MR) is 102 cm³/mol. The van der Waals surface area contributed by atoms with E-state index < -0.39 is 12.1 Å². The van der Waals surface area contributed by atoms with Gasteiger partial charge >= 0.3 is 12.1 Å². The molecule has 1 N–H and O–H groups in total. The molecule has 0 saturated heterocycles. The second-order valence-corrected chi connectivity index (χ2v) is 6.58. The van der Waals surface area contributed by atoms with Crippen molar-refractivity contribution in [2.24, 2.45) is 5.92 Å². The second kappa shape index (κ2) is 9.55. The summed E-state index contributed by atoms with van der Waals surface area (Å²) in [4.78, 5) is 37.4. The highest BCUT2D eigenvalue weighted by molar-refractivity contribution is 5.99. The molecule has 28 heavy (non-hydrogen) atoms. The molecule has 0 atom stereocenters. The molecule has 0 unspecified atom stereocenters. The number of amides is 1. The average Bonchev–Trinajstić information content (AvgIpc) is 2.68. The van der Waals surface area contributed by atoms with Gasteiger partial charge in [-0.05, 0) is 23.8 Å². The minimum Gasteiger partial charge on any atom is -0.504 e. The normalized spacial score (nSPS) is 10.4. The Morgan fingerprint density at radius 3 is 2.39 bits per heavy atom. The van der Waals surface area contributed by atoms with Crippen LogP contribution in [-0.4, -0.2) is 41.4 Å². The topological polar surface area (TPSA) is 93.1 Å². The Morgan fingerprint density at radius 2 is 1.75 bits per heavy atom. The standard InChI is InChI=1S/C21H23NO6/c1-14(2)20(25)28-19-11-16(9-10-17(19)23)18(24)12-22(3)21(26)27-13-15-7-5-4-6-8-15/h4-11,14,23H,12-13H2,1-3H3. The number of hydrogen-bond acceptors (Lipinski definition) is 6. The van der Waals surface area contributed by atoms with Gasteiger partial charge in [-0.15, -0.1) is 0 Å². The summed E-state index contributed by atoms with van der Waals surface area (Å²) in [5, 5.41) is 9.82. The molecule has 2 aromatic rings. The Kier molecular flexibility index (Phi) is 7.14. The van der Waals surface area contributed by atoms with Crippen LogP contribution >= 0.6 is 0 Å². The van der Waals surface area contributed by atoms with Crippen LogP contribution in [0.4, 0.5) is 4.79 Å². The van der Waals surface area contributed by atoms with E-state index in [4.69, 9.17) is 9.47 Å². The number of rotatable bonds is 7. The van der Waals surface area contributed by atoms with Crippen LogP contribution in [0.25, 0.3) is 0 Å². The number of nitrogens with zero attached hydrogens (tertiary/aromatic N) is 1. The molecular formula is C21H23NO6. The summed E-state index contributed by atoms with van der Waals surface area (Å²) >= 11 is 0. The third-order valence-electron chi connectivity index (χ3n) is 3.86. The number of hydrogen-bond donors (Lipinski definition) is 1. The molecule has 0 aromatic heterocycles. The molecule has 7 nitrogen and oxygen atoms in total. The van der Waals surface area contributed by atoms with Gasteiger partial charge in [0.1, 0.15) is 6.61 Å². The van der Waals surface area contributed by atoms with Crippen molar-refractivity contribution in [2.75, 3.05) is 13.6 Å². The molecule has 2 aromatic carbocycles.